The molecular weight excluding hydrogens is 168 g/mol. The molecule has 1 aromatic heterocycles. The maximum absolute atomic E-state index is 10.8. The van der Waals surface area contributed by atoms with Crippen LogP contribution >= 0.6 is 0 Å². The van der Waals surface area contributed by atoms with Gasteiger partial charge in [0.05, 0.1) is 11.1 Å². The highest BCUT2D eigenvalue weighted by molar-refractivity contribution is 6.03. The zero-order chi connectivity index (χ0) is 9.42. The molecule has 0 aliphatic rings. The Hall–Kier alpha value is -1.84. The monoisotopic (exact) mass is 176 g/mol. The van der Waals surface area contributed by atoms with Crippen LogP contribution in [0.5, 0.6) is 0 Å². The van der Waals surface area contributed by atoms with Crippen LogP contribution in [-0.4, -0.2) is 21.3 Å². The van der Waals surface area contributed by atoms with Gasteiger partial charge in [-0.3, -0.25) is 5.10 Å². The first-order chi connectivity index (χ1) is 6.20. The average Bonchev–Trinajstić information content (AvgIpc) is 2.48. The number of aryl methyl sites for hydroxylation is 1. The summed E-state index contributed by atoms with van der Waals surface area (Å²) in [5.41, 5.74) is 1.77. The van der Waals surface area contributed by atoms with Gasteiger partial charge in [0, 0.05) is 11.1 Å². The summed E-state index contributed by atoms with van der Waals surface area (Å²) < 4.78 is 0. The van der Waals surface area contributed by atoms with E-state index in [1.807, 2.05) is 6.92 Å². The lowest BCUT2D eigenvalue weighted by molar-refractivity contribution is 0.0699. The number of H-pyrrole nitrogens is 1. The molecule has 0 fully saturated rings. The van der Waals surface area contributed by atoms with Crippen molar-refractivity contribution in [3.63, 3.8) is 0 Å². The second-order valence-electron chi connectivity index (χ2n) is 2.85. The van der Waals surface area contributed by atoms with Crippen LogP contribution in [0.15, 0.2) is 18.2 Å². The topological polar surface area (TPSA) is 66.0 Å². The number of aromatic nitrogens is 2. The van der Waals surface area contributed by atoms with Gasteiger partial charge >= 0.3 is 5.97 Å². The standard InChI is InChI=1S/C9H8N2O2/c1-5-8-6(9(12)13)3-2-4-7(8)11-10-5/h2-4H,1H3,(H,10,11)(H,12,13). The number of nitrogens with zero attached hydrogens (tertiary/aromatic N) is 1. The normalized spacial score (nSPS) is 10.5. The molecule has 4 nitrogen and oxygen atoms in total. The largest absolute Gasteiger partial charge is 0.478 e. The maximum atomic E-state index is 10.8. The molecule has 0 radical (unpaired) electrons. The van der Waals surface area contributed by atoms with E-state index in [2.05, 4.69) is 10.2 Å². The van der Waals surface area contributed by atoms with E-state index in [9.17, 15) is 4.79 Å². The summed E-state index contributed by atoms with van der Waals surface area (Å²) in [6.45, 7) is 1.81. The number of fused-ring (bicyclic) bond motifs is 1. The summed E-state index contributed by atoms with van der Waals surface area (Å²) in [5, 5.41) is 16.3. The van der Waals surface area contributed by atoms with Crippen molar-refractivity contribution in [2.45, 2.75) is 6.92 Å². The third-order valence-electron chi connectivity index (χ3n) is 1.99. The lowest BCUT2D eigenvalue weighted by atomic mass is 10.1. The predicted molar refractivity (Wildman–Crippen MR) is 47.8 cm³/mol. The van der Waals surface area contributed by atoms with Crippen molar-refractivity contribution in [3.05, 3.63) is 29.5 Å². The van der Waals surface area contributed by atoms with E-state index in [1.165, 1.54) is 0 Å². The Morgan fingerprint density at radius 3 is 3.00 bits per heavy atom. The highest BCUT2D eigenvalue weighted by Gasteiger charge is 2.11. The van der Waals surface area contributed by atoms with E-state index in [1.54, 1.807) is 18.2 Å². The molecule has 0 unspecified atom stereocenters. The predicted octanol–water partition coefficient (Wildman–Crippen LogP) is 1.57. The number of aromatic amines is 1. The third-order valence-corrected chi connectivity index (χ3v) is 1.99. The van der Waals surface area contributed by atoms with Crippen molar-refractivity contribution >= 4 is 16.9 Å². The minimum atomic E-state index is -0.921. The Kier molecular flexibility index (Phi) is 1.55. The van der Waals surface area contributed by atoms with Gasteiger partial charge in [-0.2, -0.15) is 5.10 Å². The van der Waals surface area contributed by atoms with Crippen molar-refractivity contribution in [1.29, 1.82) is 0 Å². The fourth-order valence-electron chi connectivity index (χ4n) is 1.41. The molecule has 2 rings (SSSR count). The minimum absolute atomic E-state index is 0.295. The van der Waals surface area contributed by atoms with Crippen LogP contribution in [0.3, 0.4) is 0 Å². The van der Waals surface area contributed by atoms with Gasteiger partial charge in [-0.05, 0) is 19.1 Å². The van der Waals surface area contributed by atoms with Crippen LogP contribution in [0.2, 0.25) is 0 Å². The number of carbonyl (C=O) groups is 1. The van der Waals surface area contributed by atoms with E-state index in [-0.39, 0.29) is 0 Å². The molecule has 0 atom stereocenters. The molecule has 0 spiro atoms. The van der Waals surface area contributed by atoms with Gasteiger partial charge in [-0.15, -0.1) is 0 Å². The first-order valence-corrected chi connectivity index (χ1v) is 3.87. The Morgan fingerprint density at radius 2 is 2.31 bits per heavy atom. The molecule has 2 aromatic rings. The SMILES string of the molecule is Cc1[nH]nc2cccc(C(=O)O)c12. The number of nitrogens with one attached hydrogen (secondary N) is 1. The van der Waals surface area contributed by atoms with Crippen LogP contribution < -0.4 is 0 Å². The second-order valence-corrected chi connectivity index (χ2v) is 2.85. The summed E-state index contributed by atoms with van der Waals surface area (Å²) in [5.74, 6) is -0.921. The van der Waals surface area contributed by atoms with E-state index in [0.717, 1.165) is 5.69 Å². The van der Waals surface area contributed by atoms with Crippen molar-refractivity contribution in [2.75, 3.05) is 0 Å². The summed E-state index contributed by atoms with van der Waals surface area (Å²) >= 11 is 0. The first-order valence-electron chi connectivity index (χ1n) is 3.87. The summed E-state index contributed by atoms with van der Waals surface area (Å²) in [7, 11) is 0. The van der Waals surface area contributed by atoms with Gasteiger partial charge in [-0.25, -0.2) is 4.79 Å². The Labute approximate surface area is 74.2 Å². The molecule has 4 heteroatoms. The zero-order valence-electron chi connectivity index (χ0n) is 7.03. The quantitative estimate of drug-likeness (QED) is 0.693. The highest BCUT2D eigenvalue weighted by atomic mass is 16.4. The molecular formula is C9H8N2O2. The molecule has 0 aliphatic heterocycles. The summed E-state index contributed by atoms with van der Waals surface area (Å²) in [4.78, 5) is 10.8. The molecule has 0 saturated heterocycles. The smallest absolute Gasteiger partial charge is 0.336 e. The minimum Gasteiger partial charge on any atom is -0.478 e. The molecule has 1 heterocycles. The second kappa shape index (κ2) is 2.58. The van der Waals surface area contributed by atoms with E-state index in [0.29, 0.717) is 16.5 Å². The van der Waals surface area contributed by atoms with Gasteiger partial charge in [0.2, 0.25) is 0 Å². The van der Waals surface area contributed by atoms with E-state index in [4.69, 9.17) is 5.11 Å². The zero-order valence-corrected chi connectivity index (χ0v) is 7.03. The van der Waals surface area contributed by atoms with Crippen LogP contribution in [0.4, 0.5) is 0 Å². The van der Waals surface area contributed by atoms with Crippen molar-refractivity contribution < 1.29 is 9.90 Å². The lowest BCUT2D eigenvalue weighted by Crippen LogP contribution is -1.96. The third kappa shape index (κ3) is 1.07. The van der Waals surface area contributed by atoms with E-state index < -0.39 is 5.97 Å². The van der Waals surface area contributed by atoms with Crippen molar-refractivity contribution in [1.82, 2.24) is 10.2 Å². The number of aromatic carboxylic acids is 1. The number of carboxylic acids is 1. The Balaban J connectivity index is 2.88. The molecule has 0 saturated carbocycles. The van der Waals surface area contributed by atoms with E-state index >= 15 is 0 Å². The van der Waals surface area contributed by atoms with Crippen LogP contribution in [0, 0.1) is 6.92 Å². The van der Waals surface area contributed by atoms with Crippen LogP contribution in [0.25, 0.3) is 10.9 Å². The first kappa shape index (κ1) is 7.79. The highest BCUT2D eigenvalue weighted by Crippen LogP contribution is 2.19. The fourth-order valence-corrected chi connectivity index (χ4v) is 1.41. The van der Waals surface area contributed by atoms with Crippen molar-refractivity contribution in [3.8, 4) is 0 Å². The molecule has 1 aromatic carbocycles. The molecule has 13 heavy (non-hydrogen) atoms. The number of hydrogen-bond acceptors (Lipinski definition) is 2. The number of hydrogen-bond donors (Lipinski definition) is 2. The van der Waals surface area contributed by atoms with Gasteiger partial charge in [0.25, 0.3) is 0 Å². The van der Waals surface area contributed by atoms with Crippen molar-refractivity contribution in [2.24, 2.45) is 0 Å². The molecule has 66 valence electrons. The Morgan fingerprint density at radius 1 is 1.54 bits per heavy atom. The van der Waals surface area contributed by atoms with Gasteiger partial charge < -0.3 is 5.11 Å². The average molecular weight is 176 g/mol. The summed E-state index contributed by atoms with van der Waals surface area (Å²) in [6.07, 6.45) is 0. The number of benzene rings is 1. The lowest BCUT2D eigenvalue weighted by Gasteiger charge is -1.95. The van der Waals surface area contributed by atoms with Gasteiger partial charge in [0.15, 0.2) is 0 Å². The number of carboxylic acid groups (broad SMARTS) is 1. The maximum Gasteiger partial charge on any atom is 0.336 e. The summed E-state index contributed by atoms with van der Waals surface area (Å²) in [6, 6.07) is 5.05. The molecule has 0 bridgehead atoms. The van der Waals surface area contributed by atoms with Gasteiger partial charge in [0.1, 0.15) is 0 Å². The van der Waals surface area contributed by atoms with Crippen LogP contribution in [-0.2, 0) is 0 Å². The molecule has 0 amide bonds. The molecule has 0 aliphatic carbocycles. The Bertz CT molecular complexity index is 473. The molecule has 2 N–H and O–H groups in total. The van der Waals surface area contributed by atoms with Crippen LogP contribution in [0.1, 0.15) is 16.1 Å². The van der Waals surface area contributed by atoms with Gasteiger partial charge in [-0.1, -0.05) is 6.07 Å². The number of rotatable bonds is 1. The fraction of sp³-hybridized carbons (Fsp3) is 0.111.